The fraction of sp³-hybridized carbons (Fsp3) is 0.583. The van der Waals surface area contributed by atoms with Crippen molar-refractivity contribution in [1.82, 2.24) is 14.7 Å². The van der Waals surface area contributed by atoms with Crippen molar-refractivity contribution in [3.05, 3.63) is 21.6 Å². The summed E-state index contributed by atoms with van der Waals surface area (Å²) >= 11 is 5.93. The molecule has 106 valence electrons. The predicted octanol–water partition coefficient (Wildman–Crippen LogP) is 1.10. The molecule has 1 rings (SSSR count). The Morgan fingerprint density at radius 1 is 1.53 bits per heavy atom. The van der Waals surface area contributed by atoms with Crippen LogP contribution in [0.5, 0.6) is 0 Å². The second-order valence-electron chi connectivity index (χ2n) is 4.18. The quantitative estimate of drug-likeness (QED) is 0.880. The van der Waals surface area contributed by atoms with Gasteiger partial charge >= 0.3 is 0 Å². The minimum Gasteiger partial charge on any atom is -0.371 e. The first-order chi connectivity index (χ1) is 8.92. The number of hydrogen-bond donors (Lipinski definition) is 1. The van der Waals surface area contributed by atoms with Gasteiger partial charge in [-0.3, -0.25) is 9.59 Å². The lowest BCUT2D eigenvalue weighted by atomic mass is 10.2. The van der Waals surface area contributed by atoms with Crippen molar-refractivity contribution >= 4 is 23.2 Å². The first-order valence-electron chi connectivity index (χ1n) is 6.19. The SMILES string of the molecule is CCN(CC)C(=O)C(C)Nc1cnn(C)c(=O)c1Cl. The number of carbonyl (C=O) groups excluding carboxylic acids is 1. The van der Waals surface area contributed by atoms with Crippen LogP contribution < -0.4 is 10.9 Å². The van der Waals surface area contributed by atoms with Gasteiger partial charge in [0.15, 0.2) is 0 Å². The molecule has 1 N–H and O–H groups in total. The largest absolute Gasteiger partial charge is 0.371 e. The zero-order valence-corrected chi connectivity index (χ0v) is 12.4. The summed E-state index contributed by atoms with van der Waals surface area (Å²) in [5.74, 6) is -0.0401. The molecule has 0 spiro atoms. The van der Waals surface area contributed by atoms with E-state index in [2.05, 4.69) is 10.4 Å². The molecule has 0 aliphatic rings. The van der Waals surface area contributed by atoms with E-state index in [0.717, 1.165) is 4.68 Å². The molecule has 0 radical (unpaired) electrons. The Hall–Kier alpha value is -1.56. The summed E-state index contributed by atoms with van der Waals surface area (Å²) in [6, 6.07) is -0.466. The molecule has 7 heteroatoms. The Morgan fingerprint density at radius 3 is 2.63 bits per heavy atom. The van der Waals surface area contributed by atoms with Gasteiger partial charge in [0, 0.05) is 20.1 Å². The molecule has 0 saturated carbocycles. The smallest absolute Gasteiger partial charge is 0.287 e. The minimum atomic E-state index is -0.466. The maximum absolute atomic E-state index is 12.1. The van der Waals surface area contributed by atoms with Crippen molar-refractivity contribution in [2.45, 2.75) is 26.8 Å². The zero-order chi connectivity index (χ0) is 14.6. The molecule has 0 aliphatic carbocycles. The minimum absolute atomic E-state index is 0.0386. The van der Waals surface area contributed by atoms with Gasteiger partial charge in [-0.2, -0.15) is 5.10 Å². The number of hydrogen-bond acceptors (Lipinski definition) is 4. The van der Waals surface area contributed by atoms with E-state index in [9.17, 15) is 9.59 Å². The van der Waals surface area contributed by atoms with Crippen LogP contribution in [-0.2, 0) is 11.8 Å². The molecule has 1 amide bonds. The first kappa shape index (κ1) is 15.5. The number of anilines is 1. The number of halogens is 1. The maximum Gasteiger partial charge on any atom is 0.287 e. The van der Waals surface area contributed by atoms with Gasteiger partial charge in [0.25, 0.3) is 5.56 Å². The Labute approximate surface area is 117 Å². The van der Waals surface area contributed by atoms with E-state index in [-0.39, 0.29) is 10.9 Å². The highest BCUT2D eigenvalue weighted by Gasteiger charge is 2.19. The molecule has 0 aromatic carbocycles. The van der Waals surface area contributed by atoms with Gasteiger partial charge in [0.1, 0.15) is 11.1 Å². The maximum atomic E-state index is 12.1. The molecule has 1 heterocycles. The van der Waals surface area contributed by atoms with Gasteiger partial charge in [0.05, 0.1) is 11.9 Å². The highest BCUT2D eigenvalue weighted by Crippen LogP contribution is 2.16. The van der Waals surface area contributed by atoms with Crippen LogP contribution in [0.3, 0.4) is 0 Å². The van der Waals surface area contributed by atoms with Crippen LogP contribution in [0.1, 0.15) is 20.8 Å². The van der Waals surface area contributed by atoms with Crippen LogP contribution >= 0.6 is 11.6 Å². The van der Waals surface area contributed by atoms with Crippen LogP contribution in [0.25, 0.3) is 0 Å². The Bertz CT molecular complexity index is 511. The summed E-state index contributed by atoms with van der Waals surface area (Å²) in [5.41, 5.74) is -0.0214. The molecule has 0 bridgehead atoms. The summed E-state index contributed by atoms with van der Waals surface area (Å²) in [7, 11) is 1.52. The number of carbonyl (C=O) groups is 1. The standard InChI is InChI=1S/C12H19ClN4O2/c1-5-17(6-2)11(18)8(3)15-9-7-14-16(4)12(19)10(9)13/h7-8,15H,5-6H2,1-4H3. The van der Waals surface area contributed by atoms with Gasteiger partial charge in [0.2, 0.25) is 5.91 Å². The lowest BCUT2D eigenvalue weighted by molar-refractivity contribution is -0.131. The van der Waals surface area contributed by atoms with Crippen molar-refractivity contribution in [3.8, 4) is 0 Å². The Kier molecular flexibility index (Phi) is 5.35. The van der Waals surface area contributed by atoms with Crippen LogP contribution in [0.2, 0.25) is 5.02 Å². The predicted molar refractivity (Wildman–Crippen MR) is 75.5 cm³/mol. The van der Waals surface area contributed by atoms with Crippen molar-refractivity contribution in [1.29, 1.82) is 0 Å². The third-order valence-electron chi connectivity index (χ3n) is 2.90. The highest BCUT2D eigenvalue weighted by atomic mass is 35.5. The van der Waals surface area contributed by atoms with Crippen molar-refractivity contribution < 1.29 is 4.79 Å². The van der Waals surface area contributed by atoms with Crippen LogP contribution in [0.15, 0.2) is 11.0 Å². The summed E-state index contributed by atoms with van der Waals surface area (Å²) in [6.07, 6.45) is 1.44. The lowest BCUT2D eigenvalue weighted by Gasteiger charge is -2.24. The highest BCUT2D eigenvalue weighted by molar-refractivity contribution is 6.33. The van der Waals surface area contributed by atoms with Crippen molar-refractivity contribution in [3.63, 3.8) is 0 Å². The number of nitrogens with zero attached hydrogens (tertiary/aromatic N) is 3. The molecule has 0 fully saturated rings. The monoisotopic (exact) mass is 286 g/mol. The molecule has 1 aromatic rings. The fourth-order valence-electron chi connectivity index (χ4n) is 1.72. The normalized spacial score (nSPS) is 12.1. The number of aromatic nitrogens is 2. The lowest BCUT2D eigenvalue weighted by Crippen LogP contribution is -2.41. The summed E-state index contributed by atoms with van der Waals surface area (Å²) in [6.45, 7) is 6.85. The second kappa shape index (κ2) is 6.56. The van der Waals surface area contributed by atoms with Gasteiger partial charge in [-0.25, -0.2) is 4.68 Å². The molecule has 6 nitrogen and oxygen atoms in total. The van der Waals surface area contributed by atoms with E-state index >= 15 is 0 Å². The number of rotatable bonds is 5. The average Bonchev–Trinajstić information content (AvgIpc) is 2.40. The molecule has 1 unspecified atom stereocenters. The van der Waals surface area contributed by atoms with Gasteiger partial charge in [-0.15, -0.1) is 0 Å². The van der Waals surface area contributed by atoms with Crippen LogP contribution in [0, 0.1) is 0 Å². The zero-order valence-electron chi connectivity index (χ0n) is 11.6. The summed E-state index contributed by atoms with van der Waals surface area (Å²) < 4.78 is 1.14. The third-order valence-corrected chi connectivity index (χ3v) is 3.26. The molecule has 19 heavy (non-hydrogen) atoms. The summed E-state index contributed by atoms with van der Waals surface area (Å²) in [4.78, 5) is 25.4. The van der Waals surface area contributed by atoms with E-state index < -0.39 is 11.6 Å². The van der Waals surface area contributed by atoms with E-state index in [0.29, 0.717) is 18.8 Å². The van der Waals surface area contributed by atoms with E-state index in [1.165, 1.54) is 13.2 Å². The molecular weight excluding hydrogens is 268 g/mol. The van der Waals surface area contributed by atoms with Crippen molar-refractivity contribution in [2.75, 3.05) is 18.4 Å². The Morgan fingerprint density at radius 2 is 2.11 bits per heavy atom. The third kappa shape index (κ3) is 3.47. The van der Waals surface area contributed by atoms with Crippen LogP contribution in [-0.4, -0.2) is 39.7 Å². The topological polar surface area (TPSA) is 67.2 Å². The number of aryl methyl sites for hydroxylation is 1. The second-order valence-corrected chi connectivity index (χ2v) is 4.56. The first-order valence-corrected chi connectivity index (χ1v) is 6.57. The fourth-order valence-corrected chi connectivity index (χ4v) is 1.94. The van der Waals surface area contributed by atoms with Gasteiger partial charge in [-0.05, 0) is 20.8 Å². The number of nitrogens with one attached hydrogen (secondary N) is 1. The number of likely N-dealkylation sites (N-methyl/N-ethyl adjacent to an activating group) is 1. The van der Waals surface area contributed by atoms with Gasteiger partial charge < -0.3 is 10.2 Å². The van der Waals surface area contributed by atoms with Crippen LogP contribution in [0.4, 0.5) is 5.69 Å². The Balaban J connectivity index is 2.89. The molecular formula is C12H19ClN4O2. The average molecular weight is 287 g/mol. The van der Waals surface area contributed by atoms with Crippen molar-refractivity contribution in [2.24, 2.45) is 7.05 Å². The number of amides is 1. The molecule has 1 atom stereocenters. The molecule has 0 saturated heterocycles. The molecule has 1 aromatic heterocycles. The molecule has 0 aliphatic heterocycles. The van der Waals surface area contributed by atoms with Gasteiger partial charge in [-0.1, -0.05) is 11.6 Å². The van der Waals surface area contributed by atoms with E-state index in [4.69, 9.17) is 11.6 Å². The van der Waals surface area contributed by atoms with E-state index in [1.807, 2.05) is 13.8 Å². The van der Waals surface area contributed by atoms with E-state index in [1.54, 1.807) is 11.8 Å². The summed E-state index contributed by atoms with van der Waals surface area (Å²) in [5, 5.41) is 6.84.